The lowest BCUT2D eigenvalue weighted by Crippen LogP contribution is -2.58. The topological polar surface area (TPSA) is 214 Å². The van der Waals surface area contributed by atoms with Crippen molar-refractivity contribution in [2.24, 2.45) is 23.3 Å². The molecule has 1 aromatic rings. The minimum atomic E-state index is -1.37. The molecule has 4 atom stereocenters. The summed E-state index contributed by atoms with van der Waals surface area (Å²) < 4.78 is 0. The Balaban J connectivity index is 3.13. The first-order valence-corrected chi connectivity index (χ1v) is 12.2. The number of carboxylic acid groups (broad SMARTS) is 1. The molecular weight excluding hydrogens is 482 g/mol. The van der Waals surface area contributed by atoms with Gasteiger partial charge in [0.15, 0.2) is 0 Å². The van der Waals surface area contributed by atoms with Crippen molar-refractivity contribution in [1.82, 2.24) is 16.0 Å². The predicted molar refractivity (Wildman–Crippen MR) is 136 cm³/mol. The number of nitrogens with one attached hydrogen (secondary N) is 3. The van der Waals surface area contributed by atoms with Crippen LogP contribution < -0.4 is 27.4 Å². The van der Waals surface area contributed by atoms with E-state index in [4.69, 9.17) is 11.5 Å². The Morgan fingerprint density at radius 1 is 0.838 bits per heavy atom. The normalized spacial score (nSPS) is 14.4. The van der Waals surface area contributed by atoms with Crippen LogP contribution >= 0.6 is 0 Å². The second kappa shape index (κ2) is 14.8. The number of carbonyl (C=O) groups is 5. The molecule has 4 unspecified atom stereocenters. The number of hydrogen-bond acceptors (Lipinski definition) is 7. The number of primary amides is 1. The summed E-state index contributed by atoms with van der Waals surface area (Å²) in [5, 5.41) is 26.6. The Hall–Kier alpha value is -3.67. The van der Waals surface area contributed by atoms with Crippen LogP contribution in [-0.2, 0) is 30.4 Å². The Kier molecular flexibility index (Phi) is 12.5. The molecule has 0 saturated carbocycles. The van der Waals surface area contributed by atoms with Gasteiger partial charge in [-0.25, -0.2) is 4.79 Å². The van der Waals surface area contributed by atoms with Gasteiger partial charge in [-0.2, -0.15) is 0 Å². The molecule has 12 nitrogen and oxygen atoms in total. The van der Waals surface area contributed by atoms with Gasteiger partial charge in [0.2, 0.25) is 23.6 Å². The minimum absolute atomic E-state index is 0.0357. The molecule has 0 aliphatic carbocycles. The second-order valence-electron chi connectivity index (χ2n) is 9.80. The maximum Gasteiger partial charge on any atom is 0.326 e. The zero-order valence-electron chi connectivity index (χ0n) is 21.7. The fourth-order valence-corrected chi connectivity index (χ4v) is 3.44. The average Bonchev–Trinajstić information content (AvgIpc) is 2.80. The molecule has 4 amide bonds. The number of rotatable bonds is 15. The van der Waals surface area contributed by atoms with Gasteiger partial charge in [0.25, 0.3) is 0 Å². The summed E-state index contributed by atoms with van der Waals surface area (Å²) in [7, 11) is 0. The van der Waals surface area contributed by atoms with E-state index in [0.29, 0.717) is 5.56 Å². The van der Waals surface area contributed by atoms with Crippen molar-refractivity contribution in [2.75, 3.05) is 0 Å². The van der Waals surface area contributed by atoms with Crippen LogP contribution in [0.2, 0.25) is 0 Å². The van der Waals surface area contributed by atoms with Crippen molar-refractivity contribution in [2.45, 2.75) is 77.5 Å². The molecule has 0 saturated heterocycles. The quantitative estimate of drug-likeness (QED) is 0.163. The van der Waals surface area contributed by atoms with Crippen LogP contribution in [0, 0.1) is 11.8 Å². The Labute approximate surface area is 216 Å². The molecule has 12 heteroatoms. The summed E-state index contributed by atoms with van der Waals surface area (Å²) in [6.07, 6.45) is -0.208. The first kappa shape index (κ1) is 31.4. The molecule has 0 heterocycles. The second-order valence-corrected chi connectivity index (χ2v) is 9.80. The van der Waals surface area contributed by atoms with E-state index in [2.05, 4.69) is 16.0 Å². The van der Waals surface area contributed by atoms with Gasteiger partial charge in [-0.05, 0) is 42.4 Å². The van der Waals surface area contributed by atoms with Gasteiger partial charge in [-0.1, -0.05) is 39.8 Å². The Morgan fingerprint density at radius 3 is 1.84 bits per heavy atom. The van der Waals surface area contributed by atoms with Crippen LogP contribution in [0.3, 0.4) is 0 Å². The van der Waals surface area contributed by atoms with E-state index >= 15 is 0 Å². The highest BCUT2D eigenvalue weighted by atomic mass is 16.4. The molecule has 0 bridgehead atoms. The predicted octanol–water partition coefficient (Wildman–Crippen LogP) is -0.231. The zero-order valence-corrected chi connectivity index (χ0v) is 21.7. The average molecular weight is 522 g/mol. The van der Waals surface area contributed by atoms with E-state index in [1.807, 2.05) is 13.8 Å². The molecular formula is C25H39N5O7. The smallest absolute Gasteiger partial charge is 0.326 e. The van der Waals surface area contributed by atoms with E-state index in [-0.39, 0.29) is 43.3 Å². The number of aromatic hydroxyl groups is 1. The van der Waals surface area contributed by atoms with Crippen LogP contribution in [0.25, 0.3) is 0 Å². The Morgan fingerprint density at radius 2 is 1.35 bits per heavy atom. The van der Waals surface area contributed by atoms with Crippen LogP contribution in [-0.4, -0.2) is 64.0 Å². The molecule has 1 rings (SSSR count). The number of amides is 4. The van der Waals surface area contributed by atoms with Gasteiger partial charge in [0.1, 0.15) is 23.9 Å². The standard InChI is InChI=1S/C25H39N5O7/c1-13(2)11-18(22(33)28-17(25(36)37)9-10-20(26)32)29-23(34)19(30-24(35)21(27)14(3)4)12-15-5-7-16(31)8-6-15/h5-8,13-14,17-19,21,31H,9-12,27H2,1-4H3,(H2,26,32)(H,28,33)(H,29,34)(H,30,35)(H,36,37). The van der Waals surface area contributed by atoms with Crippen LogP contribution in [0.1, 0.15) is 52.5 Å². The summed E-state index contributed by atoms with van der Waals surface area (Å²) in [5.41, 5.74) is 11.7. The van der Waals surface area contributed by atoms with Crippen LogP contribution in [0.4, 0.5) is 0 Å². The maximum absolute atomic E-state index is 13.3. The number of phenols is 1. The molecule has 0 aliphatic heterocycles. The highest BCUT2D eigenvalue weighted by molar-refractivity contribution is 5.94. The number of carboxylic acids is 1. The number of phenolic OH excluding ortho intramolecular Hbond substituents is 1. The molecule has 0 radical (unpaired) electrons. The fraction of sp³-hybridized carbons (Fsp3) is 0.560. The third-order valence-corrected chi connectivity index (χ3v) is 5.66. The molecule has 9 N–H and O–H groups in total. The zero-order chi connectivity index (χ0) is 28.3. The molecule has 0 spiro atoms. The van der Waals surface area contributed by atoms with Crippen molar-refractivity contribution in [3.05, 3.63) is 29.8 Å². The van der Waals surface area contributed by atoms with Crippen molar-refractivity contribution in [1.29, 1.82) is 0 Å². The van der Waals surface area contributed by atoms with Crippen molar-refractivity contribution < 1.29 is 34.2 Å². The van der Waals surface area contributed by atoms with E-state index < -0.39 is 53.8 Å². The van der Waals surface area contributed by atoms with Gasteiger partial charge in [-0.15, -0.1) is 0 Å². The fourth-order valence-electron chi connectivity index (χ4n) is 3.44. The van der Waals surface area contributed by atoms with Crippen molar-refractivity contribution in [3.8, 4) is 5.75 Å². The lowest BCUT2D eigenvalue weighted by Gasteiger charge is -2.26. The molecule has 206 valence electrons. The number of nitrogens with two attached hydrogens (primary N) is 2. The largest absolute Gasteiger partial charge is 0.508 e. The van der Waals surface area contributed by atoms with E-state index in [1.54, 1.807) is 26.0 Å². The third-order valence-electron chi connectivity index (χ3n) is 5.66. The highest BCUT2D eigenvalue weighted by Crippen LogP contribution is 2.13. The maximum atomic E-state index is 13.3. The lowest BCUT2D eigenvalue weighted by molar-refractivity contribution is -0.142. The summed E-state index contributed by atoms with van der Waals surface area (Å²) in [6.45, 7) is 7.18. The summed E-state index contributed by atoms with van der Waals surface area (Å²) in [4.78, 5) is 61.5. The number of aliphatic carboxylic acids is 1. The first-order chi connectivity index (χ1) is 17.2. The first-order valence-electron chi connectivity index (χ1n) is 12.2. The van der Waals surface area contributed by atoms with Gasteiger partial charge in [0, 0.05) is 12.8 Å². The van der Waals surface area contributed by atoms with Gasteiger partial charge >= 0.3 is 5.97 Å². The summed E-state index contributed by atoms with van der Waals surface area (Å²) in [6, 6.07) is 1.63. The van der Waals surface area contributed by atoms with Gasteiger partial charge in [0.05, 0.1) is 6.04 Å². The minimum Gasteiger partial charge on any atom is -0.508 e. The monoisotopic (exact) mass is 521 g/mol. The molecule has 0 aliphatic rings. The van der Waals surface area contributed by atoms with E-state index in [1.165, 1.54) is 12.1 Å². The molecule has 1 aromatic carbocycles. The molecule has 0 fully saturated rings. The third kappa shape index (κ3) is 11.3. The summed E-state index contributed by atoms with van der Waals surface area (Å²) >= 11 is 0. The Bertz CT molecular complexity index is 949. The van der Waals surface area contributed by atoms with Crippen molar-refractivity contribution >= 4 is 29.6 Å². The number of hydrogen-bond donors (Lipinski definition) is 7. The van der Waals surface area contributed by atoms with Crippen LogP contribution in [0.15, 0.2) is 24.3 Å². The summed E-state index contributed by atoms with van der Waals surface area (Å²) in [5.74, 6) is -4.21. The number of benzene rings is 1. The lowest BCUT2D eigenvalue weighted by atomic mass is 9.99. The number of carbonyl (C=O) groups excluding carboxylic acids is 4. The molecule has 37 heavy (non-hydrogen) atoms. The van der Waals surface area contributed by atoms with Crippen LogP contribution in [0.5, 0.6) is 5.75 Å². The SMILES string of the molecule is CC(C)CC(NC(=O)C(Cc1ccc(O)cc1)NC(=O)C(N)C(C)C)C(=O)NC(CCC(N)=O)C(=O)O. The molecule has 0 aromatic heterocycles. The van der Waals surface area contributed by atoms with E-state index in [0.717, 1.165) is 0 Å². The van der Waals surface area contributed by atoms with E-state index in [9.17, 15) is 34.2 Å². The van der Waals surface area contributed by atoms with Gasteiger partial charge in [-0.3, -0.25) is 19.2 Å². The van der Waals surface area contributed by atoms with Gasteiger partial charge < -0.3 is 37.6 Å². The highest BCUT2D eigenvalue weighted by Gasteiger charge is 2.31. The van der Waals surface area contributed by atoms with Crippen molar-refractivity contribution in [3.63, 3.8) is 0 Å².